The first-order valence-electron chi connectivity index (χ1n) is 6.03. The number of benzene rings is 1. The number of hydrogen-bond donors (Lipinski definition) is 2. The molecule has 0 unspecified atom stereocenters. The number of piperazine rings is 1. The van der Waals surface area contributed by atoms with Crippen LogP contribution < -0.4 is 10.6 Å². The molecule has 0 atom stereocenters. The Morgan fingerprint density at radius 3 is 2.53 bits per heavy atom. The van der Waals surface area contributed by atoms with Gasteiger partial charge in [-0.1, -0.05) is 0 Å². The van der Waals surface area contributed by atoms with Crippen molar-refractivity contribution in [3.05, 3.63) is 29.8 Å². The van der Waals surface area contributed by atoms with Crippen molar-refractivity contribution in [2.75, 3.05) is 38.2 Å². The van der Waals surface area contributed by atoms with E-state index in [1.54, 1.807) is 6.92 Å². The van der Waals surface area contributed by atoms with Crippen molar-refractivity contribution in [1.82, 2.24) is 10.2 Å². The lowest BCUT2D eigenvalue weighted by molar-refractivity contribution is 0.101. The van der Waals surface area contributed by atoms with E-state index in [9.17, 15) is 4.79 Å². The number of ketones is 1. The molecule has 1 aromatic rings. The lowest BCUT2D eigenvalue weighted by Gasteiger charge is -2.27. The van der Waals surface area contributed by atoms with Crippen molar-refractivity contribution in [3.8, 4) is 0 Å². The molecule has 0 radical (unpaired) electrons. The standard InChI is InChI=1S/C13H19N3O/c1-11(17)12-2-4-13(5-3-12)15-10-16-8-6-14-7-9-16/h2-5,14-15H,6-10H2,1H3. The van der Waals surface area contributed by atoms with E-state index in [1.165, 1.54) is 0 Å². The minimum Gasteiger partial charge on any atom is -0.372 e. The van der Waals surface area contributed by atoms with Crippen LogP contribution in [0.5, 0.6) is 0 Å². The zero-order chi connectivity index (χ0) is 12.1. The minimum atomic E-state index is 0.110. The van der Waals surface area contributed by atoms with E-state index in [4.69, 9.17) is 0 Å². The molecule has 1 aromatic carbocycles. The summed E-state index contributed by atoms with van der Waals surface area (Å²) in [4.78, 5) is 13.5. The molecule has 0 amide bonds. The zero-order valence-corrected chi connectivity index (χ0v) is 10.2. The summed E-state index contributed by atoms with van der Waals surface area (Å²) < 4.78 is 0. The summed E-state index contributed by atoms with van der Waals surface area (Å²) in [5.41, 5.74) is 1.83. The number of nitrogens with zero attached hydrogens (tertiary/aromatic N) is 1. The second kappa shape index (κ2) is 5.80. The van der Waals surface area contributed by atoms with E-state index in [2.05, 4.69) is 15.5 Å². The SMILES string of the molecule is CC(=O)c1ccc(NCN2CCNCC2)cc1. The monoisotopic (exact) mass is 233 g/mol. The van der Waals surface area contributed by atoms with Gasteiger partial charge in [0.05, 0.1) is 6.67 Å². The number of carbonyl (C=O) groups excluding carboxylic acids is 1. The second-order valence-electron chi connectivity index (χ2n) is 4.34. The van der Waals surface area contributed by atoms with Crippen LogP contribution in [0.2, 0.25) is 0 Å². The summed E-state index contributed by atoms with van der Waals surface area (Å²) in [5.74, 6) is 0.110. The van der Waals surface area contributed by atoms with Crippen LogP contribution in [0.4, 0.5) is 5.69 Å². The Balaban J connectivity index is 1.84. The van der Waals surface area contributed by atoms with Crippen LogP contribution in [-0.2, 0) is 0 Å². The molecular weight excluding hydrogens is 214 g/mol. The molecule has 0 aromatic heterocycles. The van der Waals surface area contributed by atoms with Crippen molar-refractivity contribution in [1.29, 1.82) is 0 Å². The van der Waals surface area contributed by atoms with Gasteiger partial charge in [-0.25, -0.2) is 0 Å². The molecule has 1 aliphatic rings. The average Bonchev–Trinajstić information content (AvgIpc) is 2.38. The van der Waals surface area contributed by atoms with E-state index >= 15 is 0 Å². The first kappa shape index (κ1) is 12.1. The van der Waals surface area contributed by atoms with Crippen LogP contribution in [0, 0.1) is 0 Å². The van der Waals surface area contributed by atoms with Gasteiger partial charge >= 0.3 is 0 Å². The first-order chi connectivity index (χ1) is 8.25. The van der Waals surface area contributed by atoms with Gasteiger partial charge in [-0.15, -0.1) is 0 Å². The van der Waals surface area contributed by atoms with Gasteiger partial charge < -0.3 is 10.6 Å². The van der Waals surface area contributed by atoms with E-state index in [0.29, 0.717) is 0 Å². The fraction of sp³-hybridized carbons (Fsp3) is 0.462. The van der Waals surface area contributed by atoms with Crippen LogP contribution in [-0.4, -0.2) is 43.5 Å². The molecule has 2 rings (SSSR count). The highest BCUT2D eigenvalue weighted by molar-refractivity contribution is 5.94. The molecule has 1 fully saturated rings. The van der Waals surface area contributed by atoms with Crippen LogP contribution >= 0.6 is 0 Å². The summed E-state index contributed by atoms with van der Waals surface area (Å²) >= 11 is 0. The zero-order valence-electron chi connectivity index (χ0n) is 10.2. The van der Waals surface area contributed by atoms with E-state index in [-0.39, 0.29) is 5.78 Å². The predicted octanol–water partition coefficient (Wildman–Crippen LogP) is 1.16. The largest absolute Gasteiger partial charge is 0.372 e. The van der Waals surface area contributed by atoms with Crippen molar-refractivity contribution in [3.63, 3.8) is 0 Å². The summed E-state index contributed by atoms with van der Waals surface area (Å²) in [6, 6.07) is 7.64. The topological polar surface area (TPSA) is 44.4 Å². The number of anilines is 1. The van der Waals surface area contributed by atoms with Crippen molar-refractivity contribution in [2.45, 2.75) is 6.92 Å². The number of carbonyl (C=O) groups is 1. The summed E-state index contributed by atoms with van der Waals surface area (Å²) in [5, 5.41) is 6.69. The first-order valence-corrected chi connectivity index (χ1v) is 6.03. The number of nitrogens with one attached hydrogen (secondary N) is 2. The van der Waals surface area contributed by atoms with Gasteiger partial charge in [-0.05, 0) is 31.2 Å². The summed E-state index contributed by atoms with van der Waals surface area (Å²) in [6.07, 6.45) is 0. The molecule has 0 bridgehead atoms. The summed E-state index contributed by atoms with van der Waals surface area (Å²) in [6.45, 7) is 6.73. The van der Waals surface area contributed by atoms with Crippen LogP contribution in [0.15, 0.2) is 24.3 Å². The van der Waals surface area contributed by atoms with Gasteiger partial charge in [0, 0.05) is 37.4 Å². The van der Waals surface area contributed by atoms with E-state index < -0.39 is 0 Å². The van der Waals surface area contributed by atoms with Crippen LogP contribution in [0.25, 0.3) is 0 Å². The minimum absolute atomic E-state index is 0.110. The summed E-state index contributed by atoms with van der Waals surface area (Å²) in [7, 11) is 0. The van der Waals surface area contributed by atoms with Gasteiger partial charge in [0.15, 0.2) is 5.78 Å². The molecule has 4 heteroatoms. The van der Waals surface area contributed by atoms with E-state index in [0.717, 1.165) is 44.1 Å². The molecular formula is C13H19N3O. The lowest BCUT2D eigenvalue weighted by atomic mass is 10.1. The third-order valence-electron chi connectivity index (χ3n) is 3.01. The molecule has 2 N–H and O–H groups in total. The van der Waals surface area contributed by atoms with Crippen molar-refractivity contribution in [2.24, 2.45) is 0 Å². The van der Waals surface area contributed by atoms with Gasteiger partial charge in [-0.2, -0.15) is 0 Å². The molecule has 1 aliphatic heterocycles. The van der Waals surface area contributed by atoms with Crippen LogP contribution in [0.3, 0.4) is 0 Å². The maximum absolute atomic E-state index is 11.1. The Hall–Kier alpha value is -1.39. The fourth-order valence-corrected chi connectivity index (χ4v) is 1.90. The Bertz CT molecular complexity index is 369. The Morgan fingerprint density at radius 1 is 1.29 bits per heavy atom. The van der Waals surface area contributed by atoms with Crippen LogP contribution in [0.1, 0.15) is 17.3 Å². The van der Waals surface area contributed by atoms with Gasteiger partial charge in [0.1, 0.15) is 0 Å². The Kier molecular flexibility index (Phi) is 4.12. The van der Waals surface area contributed by atoms with Gasteiger partial charge in [0.2, 0.25) is 0 Å². The Morgan fingerprint density at radius 2 is 1.94 bits per heavy atom. The number of hydrogen-bond acceptors (Lipinski definition) is 4. The molecule has 1 heterocycles. The average molecular weight is 233 g/mol. The highest BCUT2D eigenvalue weighted by Gasteiger charge is 2.08. The number of rotatable bonds is 4. The highest BCUT2D eigenvalue weighted by Crippen LogP contribution is 2.10. The second-order valence-corrected chi connectivity index (χ2v) is 4.34. The molecule has 0 saturated carbocycles. The quantitative estimate of drug-likeness (QED) is 0.766. The van der Waals surface area contributed by atoms with Gasteiger partial charge in [-0.3, -0.25) is 9.69 Å². The lowest BCUT2D eigenvalue weighted by Crippen LogP contribution is -2.45. The molecule has 92 valence electrons. The third kappa shape index (κ3) is 3.54. The van der Waals surface area contributed by atoms with Crippen molar-refractivity contribution < 1.29 is 4.79 Å². The molecule has 1 saturated heterocycles. The normalized spacial score (nSPS) is 16.8. The predicted molar refractivity (Wildman–Crippen MR) is 69.4 cm³/mol. The Labute approximate surface area is 102 Å². The molecule has 17 heavy (non-hydrogen) atoms. The van der Waals surface area contributed by atoms with Gasteiger partial charge in [0.25, 0.3) is 0 Å². The smallest absolute Gasteiger partial charge is 0.159 e. The van der Waals surface area contributed by atoms with E-state index in [1.807, 2.05) is 24.3 Å². The molecule has 0 aliphatic carbocycles. The maximum Gasteiger partial charge on any atom is 0.159 e. The molecule has 4 nitrogen and oxygen atoms in total. The molecule has 0 spiro atoms. The fourth-order valence-electron chi connectivity index (χ4n) is 1.90. The van der Waals surface area contributed by atoms with Crippen molar-refractivity contribution >= 4 is 11.5 Å². The maximum atomic E-state index is 11.1. The number of Topliss-reactive ketones (excluding diaryl/α,β-unsaturated/α-hetero) is 1. The third-order valence-corrected chi connectivity index (χ3v) is 3.01. The highest BCUT2D eigenvalue weighted by atomic mass is 16.1.